The number of allylic oxidation sites excluding steroid dienone is 1. The number of fused-ring (bicyclic) bond motifs is 1. The van der Waals surface area contributed by atoms with Crippen LogP contribution in [0, 0.1) is 0 Å². The van der Waals surface area contributed by atoms with Crippen LogP contribution in [0.25, 0.3) is 5.57 Å². The highest BCUT2D eigenvalue weighted by atomic mass is 16.5. The zero-order chi connectivity index (χ0) is 31.6. The lowest BCUT2D eigenvalue weighted by molar-refractivity contribution is 0.0378. The zero-order valence-electron chi connectivity index (χ0n) is 26.8. The van der Waals surface area contributed by atoms with E-state index in [0.29, 0.717) is 29.5 Å². The molecule has 0 unspecified atom stereocenters. The van der Waals surface area contributed by atoms with Crippen molar-refractivity contribution in [1.82, 2.24) is 19.9 Å². The minimum absolute atomic E-state index is 0.260. The Kier molecular flexibility index (Phi) is 9.15. The van der Waals surface area contributed by atoms with Gasteiger partial charge in [-0.25, -0.2) is 9.78 Å². The van der Waals surface area contributed by atoms with Crippen molar-refractivity contribution in [2.24, 2.45) is 0 Å². The molecule has 0 radical (unpaired) electrons. The SMILES string of the molecule is C=C(C)c1ccc2c(n1)C(C)(C)CN2c1nc(Nc2cc(N)c(N(C)CCN(C)C)cc2OC)ncc1C(=O)OC(C)C. The lowest BCUT2D eigenvalue weighted by Gasteiger charge is -2.25. The molecule has 1 aromatic carbocycles. The van der Waals surface area contributed by atoms with E-state index in [9.17, 15) is 4.79 Å². The molecule has 0 bridgehead atoms. The van der Waals surface area contributed by atoms with Crippen molar-refractivity contribution in [2.45, 2.75) is 46.1 Å². The number of hydrogen-bond acceptors (Lipinski definition) is 11. The number of benzene rings is 1. The van der Waals surface area contributed by atoms with Gasteiger partial charge in [0.2, 0.25) is 5.95 Å². The van der Waals surface area contributed by atoms with Crippen LogP contribution in [0.2, 0.25) is 0 Å². The molecule has 2 aromatic heterocycles. The summed E-state index contributed by atoms with van der Waals surface area (Å²) in [5.74, 6) is 0.784. The van der Waals surface area contributed by atoms with Crippen LogP contribution in [0.1, 0.15) is 56.4 Å². The van der Waals surface area contributed by atoms with Crippen LogP contribution < -0.4 is 25.6 Å². The van der Waals surface area contributed by atoms with E-state index < -0.39 is 5.97 Å². The Hall–Kier alpha value is -4.38. The summed E-state index contributed by atoms with van der Waals surface area (Å²) in [5, 5.41) is 3.26. The molecule has 1 aliphatic rings. The monoisotopic (exact) mass is 588 g/mol. The highest BCUT2D eigenvalue weighted by molar-refractivity contribution is 5.96. The number of carbonyl (C=O) groups excluding carboxylic acids is 1. The van der Waals surface area contributed by atoms with Gasteiger partial charge >= 0.3 is 5.97 Å². The predicted octanol–water partition coefficient (Wildman–Crippen LogP) is 5.23. The number of hydrogen-bond donors (Lipinski definition) is 2. The zero-order valence-corrected chi connectivity index (χ0v) is 26.8. The molecule has 0 spiro atoms. The number of nitrogens with one attached hydrogen (secondary N) is 1. The normalized spacial score (nSPS) is 13.7. The Balaban J connectivity index is 1.76. The molecule has 3 heterocycles. The second-order valence-corrected chi connectivity index (χ2v) is 12.2. The standard InChI is InChI=1S/C32H44N8O3/c1-19(2)23-11-12-25-28(35-23)32(5,6)18-40(25)29-21(30(41)43-20(3)4)17-34-31(37-29)36-24-15-22(33)26(16-27(24)42-10)39(9)14-13-38(7)8/h11-12,15-17,20H,1,13-14,18,33H2,2-10H3,(H,34,36,37). The minimum atomic E-state index is -0.499. The second-order valence-electron chi connectivity index (χ2n) is 12.2. The third-order valence-corrected chi connectivity index (χ3v) is 7.27. The van der Waals surface area contributed by atoms with Crippen molar-refractivity contribution in [3.8, 4) is 5.75 Å². The number of methoxy groups -OCH3 is 1. The highest BCUT2D eigenvalue weighted by Crippen LogP contribution is 2.44. The van der Waals surface area contributed by atoms with Gasteiger partial charge in [0.25, 0.3) is 0 Å². The third-order valence-electron chi connectivity index (χ3n) is 7.27. The average molecular weight is 589 g/mol. The summed E-state index contributed by atoms with van der Waals surface area (Å²) in [6, 6.07) is 7.64. The van der Waals surface area contributed by atoms with E-state index in [1.807, 2.05) is 71.1 Å². The van der Waals surface area contributed by atoms with Gasteiger partial charge in [0, 0.05) is 44.4 Å². The molecule has 4 rings (SSSR count). The number of likely N-dealkylation sites (N-methyl/N-ethyl adjacent to an activating group) is 2. The predicted molar refractivity (Wildman–Crippen MR) is 174 cm³/mol. The van der Waals surface area contributed by atoms with Crippen LogP contribution in [-0.2, 0) is 10.2 Å². The highest BCUT2D eigenvalue weighted by Gasteiger charge is 2.40. The Morgan fingerprint density at radius 3 is 2.53 bits per heavy atom. The lowest BCUT2D eigenvalue weighted by Crippen LogP contribution is -2.29. The minimum Gasteiger partial charge on any atom is -0.494 e. The number of carbonyl (C=O) groups is 1. The molecule has 0 amide bonds. The van der Waals surface area contributed by atoms with E-state index in [2.05, 4.69) is 40.5 Å². The number of pyridine rings is 1. The van der Waals surface area contributed by atoms with Crippen LogP contribution in [0.4, 0.5) is 34.5 Å². The number of esters is 1. The Morgan fingerprint density at radius 1 is 1.19 bits per heavy atom. The van der Waals surface area contributed by atoms with Crippen molar-refractivity contribution >= 4 is 46.1 Å². The molecule has 3 N–H and O–H groups in total. The van der Waals surface area contributed by atoms with E-state index >= 15 is 0 Å². The molecule has 0 atom stereocenters. The van der Waals surface area contributed by atoms with Crippen LogP contribution >= 0.6 is 0 Å². The van der Waals surface area contributed by atoms with Crippen LogP contribution in [0.15, 0.2) is 37.0 Å². The number of ether oxygens (including phenoxy) is 2. The molecule has 0 aliphatic carbocycles. The fraction of sp³-hybridized carbons (Fsp3) is 0.438. The van der Waals surface area contributed by atoms with Gasteiger partial charge in [0.05, 0.1) is 47.4 Å². The van der Waals surface area contributed by atoms with Gasteiger partial charge in [-0.3, -0.25) is 4.98 Å². The smallest absolute Gasteiger partial charge is 0.343 e. The van der Waals surface area contributed by atoms with E-state index in [0.717, 1.165) is 41.4 Å². The van der Waals surface area contributed by atoms with Crippen LogP contribution in [-0.4, -0.2) is 79.8 Å². The first kappa shape index (κ1) is 31.6. The molecule has 0 saturated heterocycles. The molecule has 1 aliphatic heterocycles. The average Bonchev–Trinajstić information content (AvgIpc) is 3.21. The summed E-state index contributed by atoms with van der Waals surface area (Å²) in [6.45, 7) is 16.1. The molecule has 11 heteroatoms. The van der Waals surface area contributed by atoms with Gasteiger partial charge in [-0.1, -0.05) is 20.4 Å². The molecule has 3 aromatic rings. The maximum atomic E-state index is 13.2. The summed E-state index contributed by atoms with van der Waals surface area (Å²) in [6.07, 6.45) is 1.19. The lowest BCUT2D eigenvalue weighted by atomic mass is 9.91. The number of aromatic nitrogens is 3. The number of nitrogen functional groups attached to an aromatic ring is 1. The van der Waals surface area contributed by atoms with Crippen molar-refractivity contribution in [3.05, 3.63) is 54.0 Å². The molecular formula is C32H44N8O3. The van der Waals surface area contributed by atoms with Gasteiger partial charge in [-0.2, -0.15) is 4.98 Å². The van der Waals surface area contributed by atoms with Gasteiger partial charge in [0.1, 0.15) is 11.3 Å². The third kappa shape index (κ3) is 6.83. The first-order valence-corrected chi connectivity index (χ1v) is 14.3. The Labute approximate surface area is 254 Å². The van der Waals surface area contributed by atoms with Crippen LogP contribution in [0.3, 0.4) is 0 Å². The number of anilines is 6. The summed E-state index contributed by atoms with van der Waals surface area (Å²) in [5.41, 5.74) is 12.0. The summed E-state index contributed by atoms with van der Waals surface area (Å²) in [7, 11) is 7.66. The fourth-order valence-electron chi connectivity index (χ4n) is 4.98. The summed E-state index contributed by atoms with van der Waals surface area (Å²) >= 11 is 0. The maximum absolute atomic E-state index is 13.2. The Bertz CT molecular complexity index is 1520. The van der Waals surface area contributed by atoms with E-state index in [1.165, 1.54) is 6.20 Å². The summed E-state index contributed by atoms with van der Waals surface area (Å²) < 4.78 is 11.3. The number of rotatable bonds is 11. The van der Waals surface area contributed by atoms with Crippen molar-refractivity contribution < 1.29 is 14.3 Å². The van der Waals surface area contributed by atoms with Crippen molar-refractivity contribution in [2.75, 3.05) is 68.7 Å². The maximum Gasteiger partial charge on any atom is 0.343 e. The molecule has 43 heavy (non-hydrogen) atoms. The largest absolute Gasteiger partial charge is 0.494 e. The number of nitrogens with zero attached hydrogens (tertiary/aromatic N) is 6. The van der Waals surface area contributed by atoms with Gasteiger partial charge < -0.3 is 35.2 Å². The first-order valence-electron chi connectivity index (χ1n) is 14.3. The van der Waals surface area contributed by atoms with E-state index in [1.54, 1.807) is 7.11 Å². The van der Waals surface area contributed by atoms with Crippen molar-refractivity contribution in [3.63, 3.8) is 0 Å². The van der Waals surface area contributed by atoms with Crippen LogP contribution in [0.5, 0.6) is 5.75 Å². The van der Waals surface area contributed by atoms with Gasteiger partial charge in [-0.15, -0.1) is 0 Å². The Morgan fingerprint density at radius 2 is 1.91 bits per heavy atom. The summed E-state index contributed by atoms with van der Waals surface area (Å²) in [4.78, 5) is 33.7. The molecule has 0 fully saturated rings. The topological polar surface area (TPSA) is 122 Å². The molecule has 230 valence electrons. The quantitative estimate of drug-likeness (QED) is 0.226. The molecule has 0 saturated carbocycles. The van der Waals surface area contributed by atoms with E-state index in [4.69, 9.17) is 25.2 Å². The van der Waals surface area contributed by atoms with Gasteiger partial charge in [-0.05, 0) is 58.6 Å². The first-order chi connectivity index (χ1) is 20.2. The van der Waals surface area contributed by atoms with Gasteiger partial charge in [0.15, 0.2) is 5.82 Å². The molecular weight excluding hydrogens is 544 g/mol. The fourth-order valence-corrected chi connectivity index (χ4v) is 4.98. The molecule has 11 nitrogen and oxygen atoms in total. The van der Waals surface area contributed by atoms with E-state index in [-0.39, 0.29) is 23.0 Å². The van der Waals surface area contributed by atoms with Crippen molar-refractivity contribution in [1.29, 1.82) is 0 Å². The number of nitrogens with two attached hydrogens (primary N) is 1. The second kappa shape index (κ2) is 12.5.